The summed E-state index contributed by atoms with van der Waals surface area (Å²) in [4.78, 5) is 40.9. The topological polar surface area (TPSA) is 74.7 Å². The lowest BCUT2D eigenvalue weighted by molar-refractivity contribution is -0.135. The van der Waals surface area contributed by atoms with Gasteiger partial charge in [0.05, 0.1) is 0 Å². The first-order valence-electron chi connectivity index (χ1n) is 8.95. The number of carbonyl (C=O) groups excluding carboxylic acids is 2. The molecule has 26 heavy (non-hydrogen) atoms. The van der Waals surface area contributed by atoms with Crippen LogP contribution in [-0.4, -0.2) is 54.5 Å². The van der Waals surface area contributed by atoms with Crippen molar-refractivity contribution in [3.05, 3.63) is 40.8 Å². The van der Waals surface area contributed by atoms with Crippen molar-refractivity contribution in [1.29, 1.82) is 0 Å². The number of piperazine rings is 1. The largest absolute Gasteiger partial charge is 0.369 e. The molecule has 0 saturated carbocycles. The molecule has 1 aromatic carbocycles. The summed E-state index contributed by atoms with van der Waals surface area (Å²) in [7, 11) is 2.12. The molecule has 2 aliphatic rings. The van der Waals surface area contributed by atoms with Crippen molar-refractivity contribution in [2.75, 3.05) is 38.1 Å². The molecule has 4 rings (SSSR count). The second kappa shape index (κ2) is 6.57. The standard InChI is InChI=1S/C19H22N4O3/c1-21-8-10-22(11-9-21)14-2-3-15-13(12-14)6-7-23(19(15)26)16-4-5-17(24)20-18(16)25/h2-3,6-7,12,16H,4-5,8-11H2,1H3,(H,20,24,25). The van der Waals surface area contributed by atoms with E-state index in [1.165, 1.54) is 4.57 Å². The summed E-state index contributed by atoms with van der Waals surface area (Å²) in [6.45, 7) is 3.98. The first-order valence-corrected chi connectivity index (χ1v) is 8.95. The summed E-state index contributed by atoms with van der Waals surface area (Å²) >= 11 is 0. The van der Waals surface area contributed by atoms with Gasteiger partial charge in [-0.05, 0) is 43.1 Å². The molecule has 0 radical (unpaired) electrons. The average molecular weight is 354 g/mol. The fourth-order valence-electron chi connectivity index (χ4n) is 3.70. The maximum Gasteiger partial charge on any atom is 0.259 e. The summed E-state index contributed by atoms with van der Waals surface area (Å²) < 4.78 is 1.44. The van der Waals surface area contributed by atoms with E-state index in [1.807, 2.05) is 24.3 Å². The van der Waals surface area contributed by atoms with E-state index in [2.05, 4.69) is 22.2 Å². The Kier molecular flexibility index (Phi) is 4.24. The number of likely N-dealkylation sites (N-methyl/N-ethyl adjacent to an activating group) is 1. The summed E-state index contributed by atoms with van der Waals surface area (Å²) in [5.41, 5.74) is 0.922. The third kappa shape index (κ3) is 2.99. The van der Waals surface area contributed by atoms with Gasteiger partial charge < -0.3 is 14.4 Å². The second-order valence-corrected chi connectivity index (χ2v) is 7.06. The molecule has 7 heteroatoms. The highest BCUT2D eigenvalue weighted by Gasteiger charge is 2.28. The third-order valence-corrected chi connectivity index (χ3v) is 5.33. The number of pyridine rings is 1. The van der Waals surface area contributed by atoms with Gasteiger partial charge in [0.25, 0.3) is 5.56 Å². The Hall–Kier alpha value is -2.67. The predicted molar refractivity (Wildman–Crippen MR) is 99.3 cm³/mol. The van der Waals surface area contributed by atoms with Gasteiger partial charge in [0.15, 0.2) is 0 Å². The first-order chi connectivity index (χ1) is 12.5. The lowest BCUT2D eigenvalue weighted by Gasteiger charge is -2.34. The third-order valence-electron chi connectivity index (χ3n) is 5.33. The quantitative estimate of drug-likeness (QED) is 0.805. The molecular formula is C19H22N4O3. The van der Waals surface area contributed by atoms with E-state index in [0.29, 0.717) is 11.8 Å². The van der Waals surface area contributed by atoms with Crippen molar-refractivity contribution in [1.82, 2.24) is 14.8 Å². The summed E-state index contributed by atoms with van der Waals surface area (Å²) in [6, 6.07) is 7.11. The van der Waals surface area contributed by atoms with Crippen LogP contribution < -0.4 is 15.8 Å². The summed E-state index contributed by atoms with van der Waals surface area (Å²) in [5, 5.41) is 3.77. The van der Waals surface area contributed by atoms with Gasteiger partial charge in [-0.1, -0.05) is 0 Å². The van der Waals surface area contributed by atoms with Gasteiger partial charge in [-0.2, -0.15) is 0 Å². The van der Waals surface area contributed by atoms with Crippen LogP contribution in [0.2, 0.25) is 0 Å². The number of piperidine rings is 1. The number of fused-ring (bicyclic) bond motifs is 1. The molecule has 7 nitrogen and oxygen atoms in total. The van der Waals surface area contributed by atoms with E-state index >= 15 is 0 Å². The van der Waals surface area contributed by atoms with Crippen LogP contribution in [0.15, 0.2) is 35.3 Å². The molecule has 2 fully saturated rings. The number of aromatic nitrogens is 1. The number of carbonyl (C=O) groups is 2. The molecular weight excluding hydrogens is 332 g/mol. The normalized spacial score (nSPS) is 21.9. The number of hydrogen-bond donors (Lipinski definition) is 1. The maximum atomic E-state index is 12.9. The Morgan fingerprint density at radius 1 is 1.04 bits per heavy atom. The monoisotopic (exact) mass is 354 g/mol. The zero-order chi connectivity index (χ0) is 18.3. The molecule has 1 atom stereocenters. The van der Waals surface area contributed by atoms with Gasteiger partial charge in [-0.3, -0.25) is 19.7 Å². The van der Waals surface area contributed by atoms with Crippen molar-refractivity contribution in [2.24, 2.45) is 0 Å². The number of hydrogen-bond acceptors (Lipinski definition) is 5. The Balaban J connectivity index is 1.66. The number of nitrogens with one attached hydrogen (secondary N) is 1. The van der Waals surface area contributed by atoms with Crippen molar-refractivity contribution in [3.63, 3.8) is 0 Å². The second-order valence-electron chi connectivity index (χ2n) is 7.06. The minimum absolute atomic E-state index is 0.193. The average Bonchev–Trinajstić information content (AvgIpc) is 2.63. The SMILES string of the molecule is CN1CCN(c2ccc3c(=O)n(C4CCC(=O)NC4=O)ccc3c2)CC1. The van der Waals surface area contributed by atoms with Gasteiger partial charge >= 0.3 is 0 Å². The van der Waals surface area contributed by atoms with E-state index in [9.17, 15) is 14.4 Å². The lowest BCUT2D eigenvalue weighted by Crippen LogP contribution is -2.44. The smallest absolute Gasteiger partial charge is 0.259 e. The van der Waals surface area contributed by atoms with Crippen LogP contribution in [0.4, 0.5) is 5.69 Å². The minimum Gasteiger partial charge on any atom is -0.369 e. The Bertz CT molecular complexity index is 928. The molecule has 0 aliphatic carbocycles. The number of benzene rings is 1. The molecule has 3 heterocycles. The van der Waals surface area contributed by atoms with Crippen LogP contribution in [0.5, 0.6) is 0 Å². The molecule has 2 amide bonds. The minimum atomic E-state index is -0.623. The number of rotatable bonds is 2. The molecule has 1 N–H and O–H groups in total. The molecule has 2 saturated heterocycles. The Morgan fingerprint density at radius 2 is 1.81 bits per heavy atom. The van der Waals surface area contributed by atoms with E-state index in [0.717, 1.165) is 37.3 Å². The zero-order valence-electron chi connectivity index (χ0n) is 14.8. The molecule has 136 valence electrons. The molecule has 1 unspecified atom stereocenters. The van der Waals surface area contributed by atoms with Crippen molar-refractivity contribution in [3.8, 4) is 0 Å². The van der Waals surface area contributed by atoms with E-state index in [1.54, 1.807) is 6.20 Å². The van der Waals surface area contributed by atoms with Gasteiger partial charge in [0, 0.05) is 49.9 Å². The number of amides is 2. The molecule has 1 aromatic heterocycles. The van der Waals surface area contributed by atoms with Crippen LogP contribution >= 0.6 is 0 Å². The predicted octanol–water partition coefficient (Wildman–Crippen LogP) is 0.731. The van der Waals surface area contributed by atoms with Gasteiger partial charge in [0.1, 0.15) is 6.04 Å². The van der Waals surface area contributed by atoms with Gasteiger partial charge in [-0.25, -0.2) is 0 Å². The Labute approximate surface area is 151 Å². The van der Waals surface area contributed by atoms with Gasteiger partial charge in [-0.15, -0.1) is 0 Å². The van der Waals surface area contributed by atoms with E-state index < -0.39 is 11.9 Å². The molecule has 0 spiro atoms. The highest BCUT2D eigenvalue weighted by atomic mass is 16.2. The van der Waals surface area contributed by atoms with Crippen molar-refractivity contribution >= 4 is 28.3 Å². The van der Waals surface area contributed by atoms with Crippen LogP contribution in [0.25, 0.3) is 10.8 Å². The molecule has 2 aromatic rings. The number of nitrogens with zero attached hydrogens (tertiary/aromatic N) is 3. The summed E-state index contributed by atoms with van der Waals surface area (Å²) in [6.07, 6.45) is 2.27. The van der Waals surface area contributed by atoms with Crippen LogP contribution in [-0.2, 0) is 9.59 Å². The maximum absolute atomic E-state index is 12.9. The highest BCUT2D eigenvalue weighted by molar-refractivity contribution is 5.99. The van der Waals surface area contributed by atoms with Gasteiger partial charge in [0.2, 0.25) is 11.8 Å². The molecule has 0 bridgehead atoms. The highest BCUT2D eigenvalue weighted by Crippen LogP contribution is 2.23. The zero-order valence-corrected chi connectivity index (χ0v) is 14.8. The molecule has 2 aliphatic heterocycles. The first kappa shape index (κ1) is 16.8. The van der Waals surface area contributed by atoms with Crippen molar-refractivity contribution in [2.45, 2.75) is 18.9 Å². The fourth-order valence-corrected chi connectivity index (χ4v) is 3.70. The summed E-state index contributed by atoms with van der Waals surface area (Å²) in [5.74, 6) is -0.686. The van der Waals surface area contributed by atoms with Crippen LogP contribution in [0.3, 0.4) is 0 Å². The van der Waals surface area contributed by atoms with E-state index in [4.69, 9.17) is 0 Å². The lowest BCUT2D eigenvalue weighted by atomic mass is 10.0. The van der Waals surface area contributed by atoms with Crippen molar-refractivity contribution < 1.29 is 9.59 Å². The Morgan fingerprint density at radius 3 is 2.54 bits per heavy atom. The number of anilines is 1. The fraction of sp³-hybridized carbons (Fsp3) is 0.421. The number of imide groups is 1. The van der Waals surface area contributed by atoms with Crippen LogP contribution in [0.1, 0.15) is 18.9 Å². The van der Waals surface area contributed by atoms with Crippen LogP contribution in [0, 0.1) is 0 Å². The van der Waals surface area contributed by atoms with E-state index in [-0.39, 0.29) is 17.9 Å².